The molecule has 3 nitrogen and oxygen atoms in total. The Bertz CT molecular complexity index is 609. The molecule has 1 amide bonds. The minimum Gasteiger partial charge on any atom is -0.337 e. The van der Waals surface area contributed by atoms with Crippen molar-refractivity contribution in [3.63, 3.8) is 0 Å². The lowest BCUT2D eigenvalue weighted by Crippen LogP contribution is -2.26. The van der Waals surface area contributed by atoms with Crippen molar-refractivity contribution in [1.29, 1.82) is 0 Å². The molecule has 0 aliphatic rings. The molecule has 110 valence electrons. The fourth-order valence-corrected chi connectivity index (χ4v) is 1.86. The number of benzene rings is 1. The van der Waals surface area contributed by atoms with E-state index in [1.165, 1.54) is 29.4 Å². The molecule has 2 rings (SSSR count). The van der Waals surface area contributed by atoms with Crippen LogP contribution in [0.5, 0.6) is 0 Å². The zero-order chi connectivity index (χ0) is 15.5. The largest absolute Gasteiger partial charge is 0.416 e. The average molecular weight is 294 g/mol. The highest BCUT2D eigenvalue weighted by atomic mass is 19.4. The van der Waals surface area contributed by atoms with Gasteiger partial charge in [-0.25, -0.2) is 0 Å². The number of alkyl halides is 3. The van der Waals surface area contributed by atoms with Crippen LogP contribution in [0.1, 0.15) is 21.5 Å². The van der Waals surface area contributed by atoms with E-state index in [0.717, 1.165) is 12.1 Å². The second-order valence-corrected chi connectivity index (χ2v) is 4.59. The third-order valence-electron chi connectivity index (χ3n) is 2.97. The normalized spacial score (nSPS) is 11.2. The lowest BCUT2D eigenvalue weighted by Gasteiger charge is -2.17. The molecule has 0 bridgehead atoms. The molecule has 0 aliphatic heterocycles. The summed E-state index contributed by atoms with van der Waals surface area (Å²) in [5, 5.41) is 0. The van der Waals surface area contributed by atoms with Gasteiger partial charge < -0.3 is 4.90 Å². The van der Waals surface area contributed by atoms with Gasteiger partial charge in [-0.2, -0.15) is 13.2 Å². The van der Waals surface area contributed by atoms with Gasteiger partial charge in [0.25, 0.3) is 5.91 Å². The molecule has 0 spiro atoms. The highest BCUT2D eigenvalue weighted by Gasteiger charge is 2.29. The minimum absolute atomic E-state index is 0.211. The summed E-state index contributed by atoms with van der Waals surface area (Å²) in [6.45, 7) is 0.235. The first kappa shape index (κ1) is 15.0. The summed E-state index contributed by atoms with van der Waals surface area (Å²) in [4.78, 5) is 17.4. The molecule has 1 heterocycles. The summed E-state index contributed by atoms with van der Waals surface area (Å²) in [6, 6.07) is 7.95. The van der Waals surface area contributed by atoms with Gasteiger partial charge in [0.1, 0.15) is 0 Å². The van der Waals surface area contributed by atoms with Crippen LogP contribution in [0, 0.1) is 0 Å². The van der Waals surface area contributed by atoms with Gasteiger partial charge in [-0.15, -0.1) is 0 Å². The first-order valence-electron chi connectivity index (χ1n) is 6.19. The van der Waals surface area contributed by atoms with Crippen molar-refractivity contribution in [2.75, 3.05) is 7.05 Å². The number of pyridine rings is 1. The predicted octanol–water partition coefficient (Wildman–Crippen LogP) is 3.37. The van der Waals surface area contributed by atoms with E-state index >= 15 is 0 Å². The van der Waals surface area contributed by atoms with Crippen molar-refractivity contribution in [3.05, 3.63) is 65.5 Å². The topological polar surface area (TPSA) is 33.2 Å². The number of aromatic nitrogens is 1. The number of amides is 1. The van der Waals surface area contributed by atoms with Gasteiger partial charge in [0, 0.05) is 31.5 Å². The second-order valence-electron chi connectivity index (χ2n) is 4.59. The van der Waals surface area contributed by atoms with Crippen LogP contribution in [0.25, 0.3) is 0 Å². The highest BCUT2D eigenvalue weighted by Crippen LogP contribution is 2.29. The third-order valence-corrected chi connectivity index (χ3v) is 2.97. The van der Waals surface area contributed by atoms with E-state index in [1.807, 2.05) is 0 Å². The van der Waals surface area contributed by atoms with Crippen molar-refractivity contribution < 1.29 is 18.0 Å². The maximum Gasteiger partial charge on any atom is 0.416 e. The maximum absolute atomic E-state index is 12.5. The number of carbonyl (C=O) groups excluding carboxylic acids is 1. The molecule has 0 unspecified atom stereocenters. The van der Waals surface area contributed by atoms with Crippen LogP contribution in [0.2, 0.25) is 0 Å². The van der Waals surface area contributed by atoms with E-state index in [2.05, 4.69) is 4.98 Å². The van der Waals surface area contributed by atoms with Crippen LogP contribution in [0.15, 0.2) is 48.8 Å². The summed E-state index contributed by atoms with van der Waals surface area (Å²) < 4.78 is 37.4. The second kappa shape index (κ2) is 5.95. The van der Waals surface area contributed by atoms with Crippen molar-refractivity contribution in [2.24, 2.45) is 0 Å². The Kier molecular flexibility index (Phi) is 4.26. The molecule has 2 aromatic rings. The summed E-state index contributed by atoms with van der Waals surface area (Å²) in [7, 11) is 1.60. The summed E-state index contributed by atoms with van der Waals surface area (Å²) in [6.07, 6.45) is -1.32. The Morgan fingerprint density at radius 1 is 1.10 bits per heavy atom. The maximum atomic E-state index is 12.5. The Balaban J connectivity index is 2.06. The predicted molar refractivity (Wildman–Crippen MR) is 71.5 cm³/mol. The van der Waals surface area contributed by atoms with E-state index in [-0.39, 0.29) is 12.5 Å². The number of hydrogen-bond acceptors (Lipinski definition) is 2. The zero-order valence-electron chi connectivity index (χ0n) is 11.3. The first-order valence-corrected chi connectivity index (χ1v) is 6.19. The van der Waals surface area contributed by atoms with Gasteiger partial charge in [-0.3, -0.25) is 9.78 Å². The van der Waals surface area contributed by atoms with E-state index < -0.39 is 11.7 Å². The zero-order valence-corrected chi connectivity index (χ0v) is 11.3. The molecular weight excluding hydrogens is 281 g/mol. The number of nitrogens with zero attached hydrogens (tertiary/aromatic N) is 2. The van der Waals surface area contributed by atoms with E-state index in [9.17, 15) is 18.0 Å². The Morgan fingerprint density at radius 3 is 2.19 bits per heavy atom. The van der Waals surface area contributed by atoms with Gasteiger partial charge in [-0.1, -0.05) is 12.1 Å². The highest BCUT2D eigenvalue weighted by molar-refractivity contribution is 5.93. The summed E-state index contributed by atoms with van der Waals surface area (Å²) >= 11 is 0. The van der Waals surface area contributed by atoms with Crippen LogP contribution in [0.4, 0.5) is 13.2 Å². The molecule has 0 N–H and O–H groups in total. The van der Waals surface area contributed by atoms with Crippen molar-refractivity contribution >= 4 is 5.91 Å². The number of carbonyl (C=O) groups is 1. The SMILES string of the molecule is CN(Cc1ccc(C(F)(F)F)cc1)C(=O)c1ccncc1. The van der Waals surface area contributed by atoms with Crippen molar-refractivity contribution in [2.45, 2.75) is 12.7 Å². The average Bonchev–Trinajstić information content (AvgIpc) is 2.47. The molecule has 0 saturated carbocycles. The third kappa shape index (κ3) is 3.81. The Hall–Kier alpha value is -2.37. The monoisotopic (exact) mass is 294 g/mol. The quantitative estimate of drug-likeness (QED) is 0.869. The molecule has 21 heavy (non-hydrogen) atoms. The molecule has 0 saturated heterocycles. The fourth-order valence-electron chi connectivity index (χ4n) is 1.86. The summed E-state index contributed by atoms with van der Waals surface area (Å²) in [5.41, 5.74) is 0.418. The summed E-state index contributed by atoms with van der Waals surface area (Å²) in [5.74, 6) is -0.211. The van der Waals surface area contributed by atoms with Crippen LogP contribution >= 0.6 is 0 Å². The molecule has 1 aromatic carbocycles. The minimum atomic E-state index is -4.35. The smallest absolute Gasteiger partial charge is 0.337 e. The lowest BCUT2D eigenvalue weighted by molar-refractivity contribution is -0.137. The number of halogens is 3. The van der Waals surface area contributed by atoms with E-state index in [4.69, 9.17) is 0 Å². The van der Waals surface area contributed by atoms with Crippen LogP contribution in [-0.4, -0.2) is 22.8 Å². The van der Waals surface area contributed by atoms with Gasteiger partial charge >= 0.3 is 6.18 Å². The molecule has 6 heteroatoms. The molecule has 0 fully saturated rings. The van der Waals surface area contributed by atoms with Crippen LogP contribution < -0.4 is 0 Å². The van der Waals surface area contributed by atoms with Gasteiger partial charge in [0.05, 0.1) is 5.56 Å². The van der Waals surface area contributed by atoms with Gasteiger partial charge in [0.15, 0.2) is 0 Å². The molecule has 1 aromatic heterocycles. The number of hydrogen-bond donors (Lipinski definition) is 0. The van der Waals surface area contributed by atoms with Gasteiger partial charge in [0.2, 0.25) is 0 Å². The van der Waals surface area contributed by atoms with Crippen molar-refractivity contribution in [1.82, 2.24) is 9.88 Å². The van der Waals surface area contributed by atoms with E-state index in [1.54, 1.807) is 19.2 Å². The molecular formula is C15H13F3N2O. The van der Waals surface area contributed by atoms with Crippen molar-refractivity contribution in [3.8, 4) is 0 Å². The van der Waals surface area contributed by atoms with Crippen LogP contribution in [0.3, 0.4) is 0 Å². The first-order chi connectivity index (χ1) is 9.88. The van der Waals surface area contributed by atoms with Crippen LogP contribution in [-0.2, 0) is 12.7 Å². The van der Waals surface area contributed by atoms with Gasteiger partial charge in [-0.05, 0) is 29.8 Å². The Labute approximate surface area is 120 Å². The Morgan fingerprint density at radius 2 is 1.67 bits per heavy atom. The molecule has 0 atom stereocenters. The standard InChI is InChI=1S/C15H13F3N2O/c1-20(14(21)12-6-8-19-9-7-12)10-11-2-4-13(5-3-11)15(16,17)18/h2-9H,10H2,1H3. The lowest BCUT2D eigenvalue weighted by atomic mass is 10.1. The number of rotatable bonds is 3. The molecule has 0 radical (unpaired) electrons. The molecule has 0 aliphatic carbocycles. The van der Waals surface area contributed by atoms with E-state index in [0.29, 0.717) is 11.1 Å². The fraction of sp³-hybridized carbons (Fsp3) is 0.200.